The van der Waals surface area contributed by atoms with Gasteiger partial charge >= 0.3 is 0 Å². The molecule has 1 aromatic heterocycles. The first-order valence-corrected chi connectivity index (χ1v) is 7.19. The molecular formula is C13H11BrClFS. The minimum Gasteiger partial charge on any atom is -0.207 e. The van der Waals surface area contributed by atoms with E-state index in [9.17, 15) is 4.39 Å². The largest absolute Gasteiger partial charge is 0.207 e. The lowest BCUT2D eigenvalue weighted by Gasteiger charge is -2.12. The molecule has 17 heavy (non-hydrogen) atoms. The van der Waals surface area contributed by atoms with Crippen LogP contribution in [0.5, 0.6) is 0 Å². The van der Waals surface area contributed by atoms with Crippen molar-refractivity contribution in [1.82, 2.24) is 0 Å². The van der Waals surface area contributed by atoms with Crippen LogP contribution in [0.25, 0.3) is 0 Å². The van der Waals surface area contributed by atoms with Crippen molar-refractivity contribution in [3.05, 3.63) is 55.4 Å². The van der Waals surface area contributed by atoms with Gasteiger partial charge in [0.1, 0.15) is 5.82 Å². The molecule has 2 rings (SSSR count). The fourth-order valence-corrected chi connectivity index (χ4v) is 4.19. The van der Waals surface area contributed by atoms with E-state index in [0.29, 0.717) is 0 Å². The quantitative estimate of drug-likeness (QED) is 0.628. The molecule has 0 saturated heterocycles. The van der Waals surface area contributed by atoms with Gasteiger partial charge in [0.25, 0.3) is 0 Å². The number of aryl methyl sites for hydroxylation is 2. The van der Waals surface area contributed by atoms with Gasteiger partial charge in [0.15, 0.2) is 0 Å². The van der Waals surface area contributed by atoms with Gasteiger partial charge < -0.3 is 0 Å². The summed E-state index contributed by atoms with van der Waals surface area (Å²) in [4.78, 5) is 2.21. The number of rotatable bonds is 2. The smallest absolute Gasteiger partial charge is 0.123 e. The minimum atomic E-state index is -0.307. The molecular weight excluding hydrogens is 323 g/mol. The normalized spacial score (nSPS) is 12.8. The van der Waals surface area contributed by atoms with Crippen LogP contribution in [0.4, 0.5) is 4.39 Å². The maximum atomic E-state index is 13.3. The van der Waals surface area contributed by atoms with E-state index < -0.39 is 0 Å². The molecule has 0 fully saturated rings. The average Bonchev–Trinajstić information content (AvgIpc) is 2.60. The highest BCUT2D eigenvalue weighted by atomic mass is 79.9. The molecule has 1 aromatic carbocycles. The first-order chi connectivity index (χ1) is 7.99. The van der Waals surface area contributed by atoms with Crippen molar-refractivity contribution >= 4 is 38.9 Å². The molecule has 0 amide bonds. The molecule has 0 aliphatic heterocycles. The lowest BCUT2D eigenvalue weighted by atomic mass is 10.0. The van der Waals surface area contributed by atoms with Gasteiger partial charge in [-0.15, -0.1) is 22.9 Å². The van der Waals surface area contributed by atoms with Gasteiger partial charge in [-0.3, -0.25) is 0 Å². The van der Waals surface area contributed by atoms with Crippen LogP contribution < -0.4 is 0 Å². The van der Waals surface area contributed by atoms with E-state index in [0.717, 1.165) is 20.5 Å². The van der Waals surface area contributed by atoms with Crippen LogP contribution in [-0.4, -0.2) is 0 Å². The van der Waals surface area contributed by atoms with Crippen molar-refractivity contribution < 1.29 is 4.39 Å². The van der Waals surface area contributed by atoms with Crippen LogP contribution in [0.3, 0.4) is 0 Å². The number of thiophene rings is 1. The molecule has 0 aliphatic rings. The number of halogens is 3. The summed E-state index contributed by atoms with van der Waals surface area (Å²) in [6.07, 6.45) is 0. The molecule has 1 unspecified atom stereocenters. The Morgan fingerprint density at radius 3 is 2.59 bits per heavy atom. The van der Waals surface area contributed by atoms with Gasteiger partial charge in [-0.25, -0.2) is 4.39 Å². The Labute approximate surface area is 118 Å². The maximum Gasteiger partial charge on any atom is 0.123 e. The molecule has 4 heteroatoms. The SMILES string of the molecule is Cc1cc(Br)c(C(Cl)c2cc(F)ccc2C)s1. The van der Waals surface area contributed by atoms with Crippen LogP contribution in [0, 0.1) is 19.7 Å². The second kappa shape index (κ2) is 5.09. The Balaban J connectivity index is 2.46. The molecule has 1 heterocycles. The van der Waals surface area contributed by atoms with Crippen molar-refractivity contribution in [2.75, 3.05) is 0 Å². The highest BCUT2D eigenvalue weighted by Crippen LogP contribution is 2.40. The van der Waals surface area contributed by atoms with E-state index in [-0.39, 0.29) is 11.2 Å². The molecule has 2 aromatic rings. The topological polar surface area (TPSA) is 0 Å². The summed E-state index contributed by atoms with van der Waals surface area (Å²) in [6, 6.07) is 6.75. The van der Waals surface area contributed by atoms with E-state index in [1.54, 1.807) is 17.4 Å². The molecule has 0 nitrogen and oxygen atoms in total. The monoisotopic (exact) mass is 332 g/mol. The van der Waals surface area contributed by atoms with Crippen molar-refractivity contribution in [2.45, 2.75) is 19.2 Å². The summed E-state index contributed by atoms with van der Waals surface area (Å²) in [6.45, 7) is 3.97. The third-order valence-corrected chi connectivity index (χ3v) is 5.20. The Bertz CT molecular complexity index is 550. The molecule has 0 bridgehead atoms. The van der Waals surface area contributed by atoms with Crippen LogP contribution >= 0.6 is 38.9 Å². The van der Waals surface area contributed by atoms with Crippen LogP contribution in [0.1, 0.15) is 26.3 Å². The minimum absolute atomic E-state index is 0.249. The molecule has 1 atom stereocenters. The number of benzene rings is 1. The maximum absolute atomic E-state index is 13.3. The Hall–Kier alpha value is -0.380. The third kappa shape index (κ3) is 2.72. The van der Waals surface area contributed by atoms with Gasteiger partial charge in [0.2, 0.25) is 0 Å². The van der Waals surface area contributed by atoms with Gasteiger partial charge in [0.05, 0.1) is 5.38 Å². The zero-order valence-electron chi connectivity index (χ0n) is 9.43. The average molecular weight is 334 g/mol. The van der Waals surface area contributed by atoms with Crippen molar-refractivity contribution in [3.63, 3.8) is 0 Å². The highest BCUT2D eigenvalue weighted by Gasteiger charge is 2.18. The van der Waals surface area contributed by atoms with E-state index in [4.69, 9.17) is 11.6 Å². The van der Waals surface area contributed by atoms with Crippen molar-refractivity contribution in [2.24, 2.45) is 0 Å². The second-order valence-corrected chi connectivity index (χ2v) is 6.51. The van der Waals surface area contributed by atoms with Crippen molar-refractivity contribution in [3.8, 4) is 0 Å². The summed E-state index contributed by atoms with van der Waals surface area (Å²) >= 11 is 11.6. The van der Waals surface area contributed by atoms with Gasteiger partial charge in [0, 0.05) is 14.2 Å². The van der Waals surface area contributed by atoms with Gasteiger partial charge in [-0.1, -0.05) is 6.07 Å². The second-order valence-electron chi connectivity index (χ2n) is 3.93. The predicted molar refractivity (Wildman–Crippen MR) is 75.6 cm³/mol. The lowest BCUT2D eigenvalue weighted by Crippen LogP contribution is -1.95. The van der Waals surface area contributed by atoms with Gasteiger partial charge in [-0.2, -0.15) is 0 Å². The van der Waals surface area contributed by atoms with E-state index >= 15 is 0 Å². The van der Waals surface area contributed by atoms with Crippen LogP contribution in [-0.2, 0) is 0 Å². The molecule has 0 N–H and O–H groups in total. The zero-order valence-corrected chi connectivity index (χ0v) is 12.6. The number of hydrogen-bond donors (Lipinski definition) is 0. The standard InChI is InChI=1S/C13H11BrClFS/c1-7-3-4-9(16)6-10(7)12(15)13-11(14)5-8(2)17-13/h3-6,12H,1-2H3. The summed E-state index contributed by atoms with van der Waals surface area (Å²) in [5.41, 5.74) is 1.83. The first kappa shape index (κ1) is 13.1. The summed E-state index contributed by atoms with van der Waals surface area (Å²) in [5, 5.41) is -0.307. The van der Waals surface area contributed by atoms with E-state index in [1.807, 2.05) is 19.9 Å². The highest BCUT2D eigenvalue weighted by molar-refractivity contribution is 9.10. The Kier molecular flexibility index (Phi) is 3.91. The Morgan fingerprint density at radius 2 is 2.00 bits per heavy atom. The summed E-state index contributed by atoms with van der Waals surface area (Å²) in [7, 11) is 0. The lowest BCUT2D eigenvalue weighted by molar-refractivity contribution is 0.625. The van der Waals surface area contributed by atoms with E-state index in [1.165, 1.54) is 17.0 Å². The number of alkyl halides is 1. The van der Waals surface area contributed by atoms with E-state index in [2.05, 4.69) is 15.9 Å². The number of hydrogen-bond acceptors (Lipinski definition) is 1. The molecule has 0 radical (unpaired) electrons. The fourth-order valence-electron chi connectivity index (χ4n) is 1.70. The van der Waals surface area contributed by atoms with Crippen LogP contribution in [0.15, 0.2) is 28.7 Å². The molecule has 0 saturated carbocycles. The van der Waals surface area contributed by atoms with Crippen LogP contribution in [0.2, 0.25) is 0 Å². The predicted octanol–water partition coefficient (Wildman–Crippen LogP) is 5.59. The van der Waals surface area contributed by atoms with Crippen molar-refractivity contribution in [1.29, 1.82) is 0 Å². The zero-order chi connectivity index (χ0) is 12.6. The molecule has 90 valence electrons. The fraction of sp³-hybridized carbons (Fsp3) is 0.231. The third-order valence-electron chi connectivity index (χ3n) is 2.58. The summed E-state index contributed by atoms with van der Waals surface area (Å²) in [5.74, 6) is -0.249. The first-order valence-electron chi connectivity index (χ1n) is 5.15. The summed E-state index contributed by atoms with van der Waals surface area (Å²) < 4.78 is 14.3. The Morgan fingerprint density at radius 1 is 1.29 bits per heavy atom. The molecule has 0 spiro atoms. The van der Waals surface area contributed by atoms with Gasteiger partial charge in [-0.05, 0) is 59.1 Å². The molecule has 0 aliphatic carbocycles.